The van der Waals surface area contributed by atoms with Crippen molar-refractivity contribution in [3.63, 3.8) is 0 Å². The smallest absolute Gasteiger partial charge is 0.245 e. The SMILES string of the molecule is C=CC(=O)N1CCC(N)CC1.COc1ccc2nc(-c3ccc4c(c3)CCC4)c(-c3ccccc3)n2n1. The van der Waals surface area contributed by atoms with E-state index in [1.807, 2.05) is 34.8 Å². The fourth-order valence-corrected chi connectivity index (χ4v) is 5.05. The lowest BCUT2D eigenvalue weighted by Gasteiger charge is -2.29. The van der Waals surface area contributed by atoms with Crippen LogP contribution in [0.5, 0.6) is 5.88 Å². The molecule has 2 aliphatic rings. The number of benzene rings is 2. The van der Waals surface area contributed by atoms with Gasteiger partial charge in [-0.1, -0.05) is 49.0 Å². The highest BCUT2D eigenvalue weighted by Gasteiger charge is 2.20. The number of hydrogen-bond acceptors (Lipinski definition) is 5. The predicted molar refractivity (Wildman–Crippen MR) is 146 cm³/mol. The molecule has 37 heavy (non-hydrogen) atoms. The molecule has 0 saturated carbocycles. The van der Waals surface area contributed by atoms with Crippen molar-refractivity contribution in [2.24, 2.45) is 5.73 Å². The average molecular weight is 496 g/mol. The van der Waals surface area contributed by atoms with Crippen molar-refractivity contribution in [3.8, 4) is 28.4 Å². The molecule has 1 fully saturated rings. The number of carbonyl (C=O) groups is 1. The molecule has 0 spiro atoms. The average Bonchev–Trinajstić information content (AvgIpc) is 3.57. The summed E-state index contributed by atoms with van der Waals surface area (Å²) >= 11 is 0. The van der Waals surface area contributed by atoms with E-state index < -0.39 is 0 Å². The first-order chi connectivity index (χ1) is 18.1. The molecule has 190 valence electrons. The number of ether oxygens (including phenoxy) is 1. The van der Waals surface area contributed by atoms with Gasteiger partial charge >= 0.3 is 0 Å². The van der Waals surface area contributed by atoms with Crippen LogP contribution in [0.2, 0.25) is 0 Å². The Hall–Kier alpha value is -3.97. The Morgan fingerprint density at radius 3 is 2.51 bits per heavy atom. The van der Waals surface area contributed by atoms with E-state index in [4.69, 9.17) is 15.5 Å². The summed E-state index contributed by atoms with van der Waals surface area (Å²) in [4.78, 5) is 17.7. The summed E-state index contributed by atoms with van der Waals surface area (Å²) in [6.45, 7) is 5.00. The number of aryl methyl sites for hydroxylation is 2. The molecule has 1 saturated heterocycles. The van der Waals surface area contributed by atoms with Crippen LogP contribution in [-0.2, 0) is 17.6 Å². The number of carbonyl (C=O) groups excluding carboxylic acids is 1. The van der Waals surface area contributed by atoms with Gasteiger partial charge < -0.3 is 15.4 Å². The van der Waals surface area contributed by atoms with Gasteiger partial charge in [-0.05, 0) is 61.4 Å². The monoisotopic (exact) mass is 495 g/mol. The highest BCUT2D eigenvalue weighted by Crippen LogP contribution is 2.35. The molecule has 1 aliphatic carbocycles. The van der Waals surface area contributed by atoms with E-state index >= 15 is 0 Å². The van der Waals surface area contributed by atoms with E-state index in [0.29, 0.717) is 5.88 Å². The van der Waals surface area contributed by atoms with Gasteiger partial charge in [-0.2, -0.15) is 0 Å². The number of amides is 1. The van der Waals surface area contributed by atoms with E-state index in [-0.39, 0.29) is 11.9 Å². The lowest BCUT2D eigenvalue weighted by molar-refractivity contribution is -0.126. The van der Waals surface area contributed by atoms with Crippen LogP contribution in [0.3, 0.4) is 0 Å². The summed E-state index contributed by atoms with van der Waals surface area (Å²) in [5.74, 6) is 0.601. The van der Waals surface area contributed by atoms with Crippen LogP contribution >= 0.6 is 0 Å². The van der Waals surface area contributed by atoms with Crippen LogP contribution < -0.4 is 10.5 Å². The Kier molecular flexibility index (Phi) is 7.32. The van der Waals surface area contributed by atoms with Crippen LogP contribution in [-0.4, -0.2) is 51.6 Å². The van der Waals surface area contributed by atoms with Crippen molar-refractivity contribution in [2.75, 3.05) is 20.2 Å². The van der Waals surface area contributed by atoms with Gasteiger partial charge in [0.15, 0.2) is 5.65 Å². The minimum Gasteiger partial charge on any atom is -0.480 e. The molecule has 0 radical (unpaired) electrons. The number of methoxy groups -OCH3 is 1. The fourth-order valence-electron chi connectivity index (χ4n) is 5.05. The van der Waals surface area contributed by atoms with Crippen LogP contribution in [0.1, 0.15) is 30.4 Å². The maximum atomic E-state index is 11.0. The van der Waals surface area contributed by atoms with Crippen LogP contribution in [0.15, 0.2) is 73.3 Å². The number of likely N-dealkylation sites (tertiary alicyclic amines) is 1. The zero-order valence-corrected chi connectivity index (χ0v) is 21.3. The van der Waals surface area contributed by atoms with Gasteiger partial charge in [0, 0.05) is 36.3 Å². The normalized spacial score (nSPS) is 15.1. The molecule has 0 bridgehead atoms. The molecule has 1 amide bonds. The van der Waals surface area contributed by atoms with Crippen molar-refractivity contribution < 1.29 is 9.53 Å². The third-order valence-corrected chi connectivity index (χ3v) is 7.11. The van der Waals surface area contributed by atoms with Gasteiger partial charge in [0.25, 0.3) is 0 Å². The topological polar surface area (TPSA) is 85.8 Å². The molecule has 7 heteroatoms. The second-order valence-corrected chi connectivity index (χ2v) is 9.52. The van der Waals surface area contributed by atoms with Crippen LogP contribution in [0.25, 0.3) is 28.2 Å². The number of nitrogens with two attached hydrogens (primary N) is 1. The van der Waals surface area contributed by atoms with Crippen LogP contribution in [0.4, 0.5) is 0 Å². The van der Waals surface area contributed by atoms with E-state index in [9.17, 15) is 4.79 Å². The Morgan fingerprint density at radius 2 is 1.78 bits per heavy atom. The van der Waals surface area contributed by atoms with Gasteiger partial charge in [0.05, 0.1) is 12.8 Å². The quantitative estimate of drug-likeness (QED) is 0.416. The molecule has 1 aliphatic heterocycles. The van der Waals surface area contributed by atoms with Crippen molar-refractivity contribution in [3.05, 3.63) is 84.4 Å². The van der Waals surface area contributed by atoms with Crippen molar-refractivity contribution >= 4 is 11.6 Å². The minimum absolute atomic E-state index is 0.0249. The zero-order valence-electron chi connectivity index (χ0n) is 21.3. The highest BCUT2D eigenvalue weighted by atomic mass is 16.5. The highest BCUT2D eigenvalue weighted by molar-refractivity contribution is 5.87. The fraction of sp³-hybridized carbons (Fsp3) is 0.300. The van der Waals surface area contributed by atoms with E-state index in [1.54, 1.807) is 12.0 Å². The van der Waals surface area contributed by atoms with Gasteiger partial charge in [-0.15, -0.1) is 5.10 Å². The molecule has 3 heterocycles. The first-order valence-electron chi connectivity index (χ1n) is 12.9. The number of nitrogens with zero attached hydrogens (tertiary/aromatic N) is 4. The number of imidazole rings is 1. The Balaban J connectivity index is 0.000000215. The number of fused-ring (bicyclic) bond motifs is 2. The molecule has 2 N–H and O–H groups in total. The first-order valence-corrected chi connectivity index (χ1v) is 12.9. The summed E-state index contributed by atoms with van der Waals surface area (Å²) in [6.07, 6.45) is 6.78. The van der Waals surface area contributed by atoms with Gasteiger partial charge in [0.1, 0.15) is 5.69 Å². The minimum atomic E-state index is 0.0249. The Morgan fingerprint density at radius 1 is 1.03 bits per heavy atom. The summed E-state index contributed by atoms with van der Waals surface area (Å²) in [5.41, 5.74) is 13.6. The van der Waals surface area contributed by atoms with Crippen molar-refractivity contribution in [2.45, 2.75) is 38.1 Å². The standard InChI is InChI=1S/C22H19N3O.C8H14N2O/c1-26-20-13-12-19-23-21(18-11-10-15-8-5-9-17(15)14-18)22(25(19)24-20)16-6-3-2-4-7-16;1-2-8(11)10-5-3-7(9)4-6-10/h2-4,6-7,10-14H,5,8-9H2,1H3;2,7H,1,3-6,9H2. The maximum Gasteiger partial charge on any atom is 0.245 e. The number of rotatable bonds is 4. The van der Waals surface area contributed by atoms with E-state index in [1.165, 1.54) is 30.0 Å². The van der Waals surface area contributed by atoms with E-state index in [2.05, 4.69) is 42.0 Å². The lowest BCUT2D eigenvalue weighted by Crippen LogP contribution is -2.42. The molecule has 0 atom stereocenters. The summed E-state index contributed by atoms with van der Waals surface area (Å²) in [6, 6.07) is 21.1. The zero-order chi connectivity index (χ0) is 25.8. The number of hydrogen-bond donors (Lipinski definition) is 1. The Labute approximate surface area is 217 Å². The summed E-state index contributed by atoms with van der Waals surface area (Å²) in [7, 11) is 1.63. The largest absolute Gasteiger partial charge is 0.480 e. The van der Waals surface area contributed by atoms with E-state index in [0.717, 1.165) is 60.5 Å². The lowest BCUT2D eigenvalue weighted by atomic mass is 10.0. The molecule has 2 aromatic heterocycles. The second-order valence-electron chi connectivity index (χ2n) is 9.52. The Bertz CT molecular complexity index is 1400. The molecule has 4 aromatic rings. The second kappa shape index (κ2) is 11.0. The third-order valence-electron chi connectivity index (χ3n) is 7.11. The van der Waals surface area contributed by atoms with Crippen LogP contribution in [0, 0.1) is 0 Å². The van der Waals surface area contributed by atoms with Crippen molar-refractivity contribution in [1.29, 1.82) is 0 Å². The first kappa shape index (κ1) is 24.7. The molecular formula is C30H33N5O2. The molecule has 7 nitrogen and oxygen atoms in total. The molecule has 0 unspecified atom stereocenters. The summed E-state index contributed by atoms with van der Waals surface area (Å²) < 4.78 is 7.21. The molecule has 6 rings (SSSR count). The maximum absolute atomic E-state index is 11.0. The van der Waals surface area contributed by atoms with Crippen molar-refractivity contribution in [1.82, 2.24) is 19.5 Å². The number of piperidine rings is 1. The van der Waals surface area contributed by atoms with Gasteiger partial charge in [0.2, 0.25) is 11.8 Å². The molecular weight excluding hydrogens is 462 g/mol. The molecule has 2 aromatic carbocycles. The predicted octanol–water partition coefficient (Wildman–Crippen LogP) is 4.68. The summed E-state index contributed by atoms with van der Waals surface area (Å²) in [5, 5.41) is 4.62. The van der Waals surface area contributed by atoms with Gasteiger partial charge in [-0.25, -0.2) is 9.50 Å². The third kappa shape index (κ3) is 5.27. The number of aromatic nitrogens is 3. The van der Waals surface area contributed by atoms with Gasteiger partial charge in [-0.3, -0.25) is 4.79 Å².